The van der Waals surface area contributed by atoms with Crippen LogP contribution in [0.15, 0.2) is 5.51 Å². The third-order valence-electron chi connectivity index (χ3n) is 1.48. The summed E-state index contributed by atoms with van der Waals surface area (Å²) in [5.41, 5.74) is 2.68. The van der Waals surface area contributed by atoms with Crippen LogP contribution in [0.5, 0.6) is 0 Å². The summed E-state index contributed by atoms with van der Waals surface area (Å²) in [6.07, 6.45) is -0.410. The third-order valence-corrected chi connectivity index (χ3v) is 2.51. The molecule has 0 saturated heterocycles. The van der Waals surface area contributed by atoms with E-state index in [0.29, 0.717) is 6.54 Å². The molecule has 2 N–H and O–H groups in total. The SMILES string of the molecule is CNCC(O)c1scnc1C. The Kier molecular flexibility index (Phi) is 2.99. The maximum atomic E-state index is 9.50. The molecule has 1 unspecified atom stereocenters. The van der Waals surface area contributed by atoms with E-state index in [-0.39, 0.29) is 0 Å². The van der Waals surface area contributed by atoms with Gasteiger partial charge in [-0.3, -0.25) is 0 Å². The van der Waals surface area contributed by atoms with Crippen LogP contribution >= 0.6 is 11.3 Å². The molecule has 0 spiro atoms. The van der Waals surface area contributed by atoms with E-state index in [0.717, 1.165) is 10.6 Å². The number of aromatic nitrogens is 1. The second-order valence-electron chi connectivity index (χ2n) is 2.38. The Morgan fingerprint density at radius 3 is 3.00 bits per heavy atom. The summed E-state index contributed by atoms with van der Waals surface area (Å²) in [4.78, 5) is 5.01. The van der Waals surface area contributed by atoms with Crippen LogP contribution in [0.1, 0.15) is 16.7 Å². The van der Waals surface area contributed by atoms with E-state index in [1.54, 1.807) is 5.51 Å². The van der Waals surface area contributed by atoms with Gasteiger partial charge in [0.25, 0.3) is 0 Å². The highest BCUT2D eigenvalue weighted by molar-refractivity contribution is 7.09. The fourth-order valence-electron chi connectivity index (χ4n) is 0.917. The van der Waals surface area contributed by atoms with Crippen molar-refractivity contribution in [2.75, 3.05) is 13.6 Å². The van der Waals surface area contributed by atoms with E-state index in [4.69, 9.17) is 0 Å². The second kappa shape index (κ2) is 3.80. The van der Waals surface area contributed by atoms with Gasteiger partial charge in [-0.05, 0) is 14.0 Å². The molecule has 0 amide bonds. The first kappa shape index (κ1) is 8.64. The number of rotatable bonds is 3. The van der Waals surface area contributed by atoms with Crippen molar-refractivity contribution in [3.63, 3.8) is 0 Å². The molecule has 0 fully saturated rings. The summed E-state index contributed by atoms with van der Waals surface area (Å²) < 4.78 is 0. The minimum Gasteiger partial charge on any atom is -0.386 e. The lowest BCUT2D eigenvalue weighted by atomic mass is 10.2. The van der Waals surface area contributed by atoms with E-state index in [1.165, 1.54) is 11.3 Å². The van der Waals surface area contributed by atoms with Gasteiger partial charge in [0.1, 0.15) is 6.10 Å². The molecular formula is C7H12N2OS. The molecule has 11 heavy (non-hydrogen) atoms. The number of nitrogens with one attached hydrogen (secondary N) is 1. The van der Waals surface area contributed by atoms with Crippen molar-refractivity contribution < 1.29 is 5.11 Å². The Bertz CT molecular complexity index is 224. The monoisotopic (exact) mass is 172 g/mol. The van der Waals surface area contributed by atoms with Gasteiger partial charge in [0.15, 0.2) is 0 Å². The molecule has 1 rings (SSSR count). The van der Waals surface area contributed by atoms with Gasteiger partial charge in [0, 0.05) is 6.54 Å². The number of aliphatic hydroxyl groups is 1. The van der Waals surface area contributed by atoms with Crippen LogP contribution in [0.25, 0.3) is 0 Å². The van der Waals surface area contributed by atoms with Crippen molar-refractivity contribution in [2.24, 2.45) is 0 Å². The van der Waals surface area contributed by atoms with Crippen LogP contribution in [-0.2, 0) is 0 Å². The molecule has 1 atom stereocenters. The highest BCUT2D eigenvalue weighted by Crippen LogP contribution is 2.20. The largest absolute Gasteiger partial charge is 0.386 e. The first-order valence-corrected chi connectivity index (χ1v) is 4.36. The average Bonchev–Trinajstić information content (AvgIpc) is 2.36. The number of nitrogens with zero attached hydrogens (tertiary/aromatic N) is 1. The Hall–Kier alpha value is -0.450. The van der Waals surface area contributed by atoms with Gasteiger partial charge in [0.2, 0.25) is 0 Å². The Labute approximate surface area is 70.1 Å². The zero-order valence-electron chi connectivity index (χ0n) is 6.66. The van der Waals surface area contributed by atoms with Crippen LogP contribution in [0, 0.1) is 6.92 Å². The Balaban J connectivity index is 2.67. The maximum Gasteiger partial charge on any atom is 0.102 e. The van der Waals surface area contributed by atoms with Gasteiger partial charge in [-0.2, -0.15) is 0 Å². The Morgan fingerprint density at radius 1 is 1.82 bits per heavy atom. The van der Waals surface area contributed by atoms with Gasteiger partial charge in [0.05, 0.1) is 16.1 Å². The number of aliphatic hydroxyl groups excluding tert-OH is 1. The molecule has 1 heterocycles. The van der Waals surface area contributed by atoms with Gasteiger partial charge in [-0.15, -0.1) is 11.3 Å². The summed E-state index contributed by atoms with van der Waals surface area (Å²) in [6.45, 7) is 2.49. The molecule has 0 aliphatic rings. The van der Waals surface area contributed by atoms with Crippen LogP contribution in [0.3, 0.4) is 0 Å². The van der Waals surface area contributed by atoms with E-state index in [1.807, 2.05) is 14.0 Å². The number of hydrogen-bond acceptors (Lipinski definition) is 4. The molecular weight excluding hydrogens is 160 g/mol. The van der Waals surface area contributed by atoms with Crippen LogP contribution in [0.4, 0.5) is 0 Å². The van der Waals surface area contributed by atoms with E-state index >= 15 is 0 Å². The standard InChI is InChI=1S/C7H12N2OS/c1-5-7(11-4-9-5)6(10)3-8-2/h4,6,8,10H,3H2,1-2H3. The lowest BCUT2D eigenvalue weighted by Gasteiger charge is -2.06. The minimum atomic E-state index is -0.410. The number of hydrogen-bond donors (Lipinski definition) is 2. The zero-order chi connectivity index (χ0) is 8.27. The fourth-order valence-corrected chi connectivity index (χ4v) is 1.70. The molecule has 0 radical (unpaired) electrons. The molecule has 0 bridgehead atoms. The third kappa shape index (κ3) is 1.99. The molecule has 1 aromatic heterocycles. The molecule has 0 aliphatic carbocycles. The normalized spacial score (nSPS) is 13.4. The smallest absolute Gasteiger partial charge is 0.102 e. The molecule has 0 saturated carbocycles. The highest BCUT2D eigenvalue weighted by atomic mass is 32.1. The average molecular weight is 172 g/mol. The van der Waals surface area contributed by atoms with Crippen molar-refractivity contribution in [3.05, 3.63) is 16.1 Å². The summed E-state index contributed by atoms with van der Waals surface area (Å²) in [5.74, 6) is 0. The second-order valence-corrected chi connectivity index (χ2v) is 3.26. The van der Waals surface area contributed by atoms with E-state index in [2.05, 4.69) is 10.3 Å². The van der Waals surface area contributed by atoms with Crippen molar-refractivity contribution >= 4 is 11.3 Å². The Morgan fingerprint density at radius 2 is 2.55 bits per heavy atom. The lowest BCUT2D eigenvalue weighted by molar-refractivity contribution is 0.180. The van der Waals surface area contributed by atoms with Crippen LogP contribution < -0.4 is 5.32 Å². The molecule has 0 aliphatic heterocycles. The van der Waals surface area contributed by atoms with Crippen molar-refractivity contribution in [1.82, 2.24) is 10.3 Å². The fraction of sp³-hybridized carbons (Fsp3) is 0.571. The van der Waals surface area contributed by atoms with Crippen LogP contribution in [-0.4, -0.2) is 23.7 Å². The molecule has 4 heteroatoms. The summed E-state index contributed by atoms with van der Waals surface area (Å²) in [5, 5.41) is 12.4. The van der Waals surface area contributed by atoms with Gasteiger partial charge >= 0.3 is 0 Å². The summed E-state index contributed by atoms with van der Waals surface area (Å²) >= 11 is 1.50. The van der Waals surface area contributed by atoms with Crippen molar-refractivity contribution in [3.8, 4) is 0 Å². The van der Waals surface area contributed by atoms with Crippen LogP contribution in [0.2, 0.25) is 0 Å². The minimum absolute atomic E-state index is 0.410. The first-order valence-electron chi connectivity index (χ1n) is 3.48. The zero-order valence-corrected chi connectivity index (χ0v) is 7.48. The molecule has 1 aromatic rings. The van der Waals surface area contributed by atoms with E-state index in [9.17, 15) is 5.11 Å². The lowest BCUT2D eigenvalue weighted by Crippen LogP contribution is -2.16. The molecule has 62 valence electrons. The number of thiazole rings is 1. The van der Waals surface area contributed by atoms with Gasteiger partial charge < -0.3 is 10.4 Å². The van der Waals surface area contributed by atoms with Crippen molar-refractivity contribution in [1.29, 1.82) is 0 Å². The highest BCUT2D eigenvalue weighted by Gasteiger charge is 2.10. The molecule has 3 nitrogen and oxygen atoms in total. The predicted molar refractivity (Wildman–Crippen MR) is 45.7 cm³/mol. The van der Waals surface area contributed by atoms with Gasteiger partial charge in [-0.25, -0.2) is 4.98 Å². The quantitative estimate of drug-likeness (QED) is 0.705. The maximum absolute atomic E-state index is 9.50. The summed E-state index contributed by atoms with van der Waals surface area (Å²) in [6, 6.07) is 0. The molecule has 0 aromatic carbocycles. The van der Waals surface area contributed by atoms with Crippen molar-refractivity contribution in [2.45, 2.75) is 13.0 Å². The van der Waals surface area contributed by atoms with E-state index < -0.39 is 6.10 Å². The first-order chi connectivity index (χ1) is 5.25. The van der Waals surface area contributed by atoms with Gasteiger partial charge in [-0.1, -0.05) is 0 Å². The predicted octanol–water partition coefficient (Wildman–Crippen LogP) is 0.704. The summed E-state index contributed by atoms with van der Waals surface area (Å²) in [7, 11) is 1.82. The topological polar surface area (TPSA) is 45.1 Å². The number of likely N-dealkylation sites (N-methyl/N-ethyl adjacent to an activating group) is 1. The number of aryl methyl sites for hydroxylation is 1.